The highest BCUT2D eigenvalue weighted by Crippen LogP contribution is 2.35. The number of β-amino-alcohol motifs (C(OH)–C–C–N with tert-alkyl or cyclic N) is 1. The number of carbonyl (C=O) groups excluding carboxylic acids is 1. The minimum atomic E-state index is -1.28. The van der Waals surface area contributed by atoms with Crippen LogP contribution < -0.4 is 4.90 Å². The Morgan fingerprint density at radius 3 is 2.50 bits per heavy atom. The Morgan fingerprint density at radius 2 is 2.04 bits per heavy atom. The van der Waals surface area contributed by atoms with Gasteiger partial charge in [-0.2, -0.15) is 0 Å². The number of aromatic nitrogens is 2. The first-order chi connectivity index (χ1) is 11.4. The van der Waals surface area contributed by atoms with Gasteiger partial charge in [0.25, 0.3) is 0 Å². The minimum absolute atomic E-state index is 0.118. The molecule has 0 saturated carbocycles. The van der Waals surface area contributed by atoms with Crippen LogP contribution in [0.1, 0.15) is 39.5 Å². The van der Waals surface area contributed by atoms with E-state index < -0.39 is 22.6 Å². The molecule has 132 valence electrons. The predicted octanol–water partition coefficient (Wildman–Crippen LogP) is 1.81. The van der Waals surface area contributed by atoms with Crippen molar-refractivity contribution in [2.75, 3.05) is 17.7 Å². The number of nitrogens with zero attached hydrogens (tertiary/aromatic N) is 4. The van der Waals surface area contributed by atoms with E-state index in [2.05, 4.69) is 16.1 Å². The summed E-state index contributed by atoms with van der Waals surface area (Å²) in [7, 11) is -1.28. The van der Waals surface area contributed by atoms with Crippen LogP contribution >= 0.6 is 11.3 Å². The van der Waals surface area contributed by atoms with Crippen LogP contribution in [-0.4, -0.2) is 55.0 Å². The molecule has 2 rings (SSSR count). The SMILES string of the molecule is C#CC(CCC)(CCC)N1CC(O)N(c2nnc(S(C)=O)s2)C1=O. The lowest BCUT2D eigenvalue weighted by Gasteiger charge is -2.37. The number of anilines is 1. The molecule has 0 aliphatic carbocycles. The summed E-state index contributed by atoms with van der Waals surface area (Å²) >= 11 is 1.04. The zero-order valence-corrected chi connectivity index (χ0v) is 15.7. The van der Waals surface area contributed by atoms with Crippen LogP contribution in [0.25, 0.3) is 0 Å². The average Bonchev–Trinajstić information content (AvgIpc) is 3.12. The highest BCUT2D eigenvalue weighted by molar-refractivity contribution is 7.86. The Balaban J connectivity index is 2.34. The number of hydrogen-bond acceptors (Lipinski definition) is 6. The van der Waals surface area contributed by atoms with Gasteiger partial charge in [0.1, 0.15) is 5.54 Å². The first-order valence-electron chi connectivity index (χ1n) is 7.83. The van der Waals surface area contributed by atoms with Crippen LogP contribution in [0.3, 0.4) is 0 Å². The Morgan fingerprint density at radius 1 is 1.42 bits per heavy atom. The second-order valence-corrected chi connectivity index (χ2v) is 8.23. The first-order valence-corrected chi connectivity index (χ1v) is 10.2. The first kappa shape index (κ1) is 18.8. The van der Waals surface area contributed by atoms with Gasteiger partial charge in [-0.15, -0.1) is 16.6 Å². The Hall–Kier alpha value is -1.50. The van der Waals surface area contributed by atoms with E-state index in [1.165, 1.54) is 11.2 Å². The molecule has 0 aromatic carbocycles. The van der Waals surface area contributed by atoms with Crippen LogP contribution in [0.2, 0.25) is 0 Å². The maximum absolute atomic E-state index is 12.9. The third kappa shape index (κ3) is 3.31. The molecule has 1 aliphatic heterocycles. The van der Waals surface area contributed by atoms with Crippen molar-refractivity contribution in [3.8, 4) is 12.3 Å². The van der Waals surface area contributed by atoms with E-state index in [-0.39, 0.29) is 17.7 Å². The van der Waals surface area contributed by atoms with Gasteiger partial charge in [0.15, 0.2) is 6.23 Å². The summed E-state index contributed by atoms with van der Waals surface area (Å²) in [6, 6.07) is -0.382. The zero-order chi connectivity index (χ0) is 17.9. The lowest BCUT2D eigenvalue weighted by Crippen LogP contribution is -2.49. The third-order valence-corrected chi connectivity index (χ3v) is 6.29. The Bertz CT molecular complexity index is 664. The molecule has 1 saturated heterocycles. The van der Waals surface area contributed by atoms with Crippen molar-refractivity contribution in [2.24, 2.45) is 0 Å². The summed E-state index contributed by atoms with van der Waals surface area (Å²) in [4.78, 5) is 15.7. The van der Waals surface area contributed by atoms with E-state index in [1.54, 1.807) is 4.90 Å². The second-order valence-electron chi connectivity index (χ2n) is 5.72. The van der Waals surface area contributed by atoms with Crippen molar-refractivity contribution in [3.05, 3.63) is 0 Å². The summed E-state index contributed by atoms with van der Waals surface area (Å²) in [6.45, 7) is 4.15. The average molecular weight is 371 g/mol. The number of hydrogen-bond donors (Lipinski definition) is 1. The predicted molar refractivity (Wildman–Crippen MR) is 94.2 cm³/mol. The second kappa shape index (κ2) is 7.59. The zero-order valence-electron chi connectivity index (χ0n) is 14.1. The monoisotopic (exact) mass is 370 g/mol. The normalized spacial score (nSPS) is 19.6. The van der Waals surface area contributed by atoms with Crippen molar-refractivity contribution in [2.45, 2.75) is 55.6 Å². The summed E-state index contributed by atoms with van der Waals surface area (Å²) < 4.78 is 11.8. The molecule has 1 aromatic rings. The van der Waals surface area contributed by atoms with E-state index in [0.717, 1.165) is 24.2 Å². The standard InChI is InChI=1S/C15H22N4O3S2/c1-5-8-15(7-3,9-6-2)18-10-11(20)19(14(18)21)12-16-17-13(23-12)24(4)22/h3,11,20H,5-6,8-10H2,1-2,4H3. The van der Waals surface area contributed by atoms with Crippen molar-refractivity contribution >= 4 is 33.3 Å². The van der Waals surface area contributed by atoms with Crippen LogP contribution in [0, 0.1) is 12.3 Å². The fourth-order valence-corrected chi connectivity index (χ4v) is 4.47. The number of amides is 2. The maximum Gasteiger partial charge on any atom is 0.329 e. The largest absolute Gasteiger partial charge is 0.371 e. The van der Waals surface area contributed by atoms with Crippen LogP contribution in [-0.2, 0) is 10.8 Å². The van der Waals surface area contributed by atoms with Crippen LogP contribution in [0.15, 0.2) is 4.34 Å². The smallest absolute Gasteiger partial charge is 0.329 e. The van der Waals surface area contributed by atoms with Gasteiger partial charge < -0.3 is 10.0 Å². The van der Waals surface area contributed by atoms with Gasteiger partial charge in [-0.3, -0.25) is 4.21 Å². The van der Waals surface area contributed by atoms with Gasteiger partial charge in [0.2, 0.25) is 9.47 Å². The molecule has 1 aromatic heterocycles. The fourth-order valence-electron chi connectivity index (χ4n) is 3.01. The van der Waals surface area contributed by atoms with Crippen molar-refractivity contribution < 1.29 is 14.1 Å². The minimum Gasteiger partial charge on any atom is -0.371 e. The van der Waals surface area contributed by atoms with Gasteiger partial charge in [-0.05, 0) is 12.8 Å². The number of terminal acetylenes is 1. The lowest BCUT2D eigenvalue weighted by atomic mass is 9.88. The van der Waals surface area contributed by atoms with Gasteiger partial charge in [-0.1, -0.05) is 43.9 Å². The molecular formula is C15H22N4O3S2. The summed E-state index contributed by atoms with van der Waals surface area (Å²) in [5.41, 5.74) is -0.711. The van der Waals surface area contributed by atoms with Gasteiger partial charge >= 0.3 is 6.03 Å². The van der Waals surface area contributed by atoms with Crippen LogP contribution in [0.5, 0.6) is 0 Å². The molecule has 2 heterocycles. The highest BCUT2D eigenvalue weighted by Gasteiger charge is 2.48. The number of aliphatic hydroxyl groups is 1. The molecule has 0 radical (unpaired) electrons. The highest BCUT2D eigenvalue weighted by atomic mass is 32.2. The van der Waals surface area contributed by atoms with Crippen LogP contribution in [0.4, 0.5) is 9.93 Å². The van der Waals surface area contributed by atoms with E-state index in [9.17, 15) is 14.1 Å². The molecule has 7 nitrogen and oxygen atoms in total. The fraction of sp³-hybridized carbons (Fsp3) is 0.667. The molecule has 2 unspecified atom stereocenters. The number of carbonyl (C=O) groups is 1. The molecule has 1 fully saturated rings. The Kier molecular flexibility index (Phi) is 5.96. The van der Waals surface area contributed by atoms with Gasteiger partial charge in [0, 0.05) is 6.26 Å². The molecule has 0 spiro atoms. The number of rotatable bonds is 7. The molecule has 1 N–H and O–H groups in total. The van der Waals surface area contributed by atoms with Crippen molar-refractivity contribution in [3.63, 3.8) is 0 Å². The molecule has 2 amide bonds. The van der Waals surface area contributed by atoms with E-state index in [4.69, 9.17) is 6.42 Å². The summed E-state index contributed by atoms with van der Waals surface area (Å²) in [5.74, 6) is 2.79. The summed E-state index contributed by atoms with van der Waals surface area (Å²) in [5, 5.41) is 18.3. The van der Waals surface area contributed by atoms with E-state index in [1.807, 2.05) is 13.8 Å². The topological polar surface area (TPSA) is 86.6 Å². The van der Waals surface area contributed by atoms with E-state index >= 15 is 0 Å². The Labute approximate surface area is 148 Å². The summed E-state index contributed by atoms with van der Waals surface area (Å²) in [6.07, 6.45) is 9.24. The number of aliphatic hydroxyl groups excluding tert-OH is 1. The third-order valence-electron chi connectivity index (χ3n) is 4.04. The van der Waals surface area contributed by atoms with Gasteiger partial charge in [0.05, 0.1) is 17.3 Å². The van der Waals surface area contributed by atoms with Crippen molar-refractivity contribution in [1.82, 2.24) is 15.1 Å². The van der Waals surface area contributed by atoms with Crippen molar-refractivity contribution in [1.29, 1.82) is 0 Å². The quantitative estimate of drug-likeness (QED) is 0.584. The molecule has 24 heavy (non-hydrogen) atoms. The lowest BCUT2D eigenvalue weighted by molar-refractivity contribution is 0.126. The molecule has 2 atom stereocenters. The van der Waals surface area contributed by atoms with Gasteiger partial charge in [-0.25, -0.2) is 9.69 Å². The molecule has 1 aliphatic rings. The van der Waals surface area contributed by atoms with E-state index in [0.29, 0.717) is 17.2 Å². The molecular weight excluding hydrogens is 348 g/mol. The number of urea groups is 1. The molecule has 9 heteroatoms. The molecule has 0 bridgehead atoms. The maximum atomic E-state index is 12.9.